The van der Waals surface area contributed by atoms with Gasteiger partial charge in [-0.05, 0) is 31.4 Å². The van der Waals surface area contributed by atoms with E-state index in [4.69, 9.17) is 5.11 Å². The monoisotopic (exact) mass is 220 g/mol. The van der Waals surface area contributed by atoms with Crippen molar-refractivity contribution in [2.75, 3.05) is 11.4 Å². The van der Waals surface area contributed by atoms with Gasteiger partial charge in [-0.15, -0.1) is 0 Å². The van der Waals surface area contributed by atoms with Gasteiger partial charge in [0.1, 0.15) is 5.69 Å². The van der Waals surface area contributed by atoms with Crippen LogP contribution in [0.25, 0.3) is 0 Å². The van der Waals surface area contributed by atoms with Gasteiger partial charge in [0.25, 0.3) is 0 Å². The van der Waals surface area contributed by atoms with E-state index in [1.165, 1.54) is 6.42 Å². The van der Waals surface area contributed by atoms with Crippen LogP contribution < -0.4 is 4.90 Å². The van der Waals surface area contributed by atoms with Crippen LogP contribution in [0.4, 0.5) is 5.69 Å². The first-order valence-corrected chi connectivity index (χ1v) is 5.54. The van der Waals surface area contributed by atoms with Gasteiger partial charge in [-0.2, -0.15) is 0 Å². The summed E-state index contributed by atoms with van der Waals surface area (Å²) in [5, 5.41) is 8.76. The van der Waals surface area contributed by atoms with Crippen molar-refractivity contribution in [3.8, 4) is 0 Å². The lowest BCUT2D eigenvalue weighted by molar-refractivity contribution is 0.0690. The van der Waals surface area contributed by atoms with E-state index in [0.29, 0.717) is 12.0 Å². The minimum Gasteiger partial charge on any atom is -0.477 e. The molecule has 1 N–H and O–H groups in total. The lowest BCUT2D eigenvalue weighted by Crippen LogP contribution is -2.26. The standard InChI is InChI=1S/C12H16N2O2/c1-8-5-9(2)14(7-8)10-3-4-11(12(15)16)13-6-10/h3-4,6,8-9H,5,7H2,1-2H3,(H,15,16). The third-order valence-electron chi connectivity index (χ3n) is 3.08. The molecule has 86 valence electrons. The Balaban J connectivity index is 2.19. The fourth-order valence-corrected chi connectivity index (χ4v) is 2.34. The number of carbonyl (C=O) groups is 1. The van der Waals surface area contributed by atoms with Gasteiger partial charge >= 0.3 is 5.97 Å². The molecule has 1 saturated heterocycles. The van der Waals surface area contributed by atoms with Gasteiger partial charge in [0.05, 0.1) is 11.9 Å². The number of carboxylic acids is 1. The van der Waals surface area contributed by atoms with E-state index >= 15 is 0 Å². The van der Waals surface area contributed by atoms with Crippen LogP contribution in [-0.2, 0) is 0 Å². The van der Waals surface area contributed by atoms with Crippen LogP contribution >= 0.6 is 0 Å². The second-order valence-corrected chi connectivity index (χ2v) is 4.55. The Kier molecular flexibility index (Phi) is 2.81. The van der Waals surface area contributed by atoms with Crippen molar-refractivity contribution in [3.05, 3.63) is 24.0 Å². The Bertz CT molecular complexity index is 389. The maximum Gasteiger partial charge on any atom is 0.354 e. The Morgan fingerprint density at radius 3 is 2.69 bits per heavy atom. The predicted octanol–water partition coefficient (Wildman–Crippen LogP) is 2.01. The number of carboxylic acid groups (broad SMARTS) is 1. The highest BCUT2D eigenvalue weighted by Crippen LogP contribution is 2.27. The zero-order valence-corrected chi connectivity index (χ0v) is 9.55. The van der Waals surface area contributed by atoms with E-state index in [1.807, 2.05) is 6.07 Å². The number of nitrogens with zero attached hydrogens (tertiary/aromatic N) is 2. The molecule has 1 aliphatic heterocycles. The van der Waals surface area contributed by atoms with E-state index in [9.17, 15) is 4.79 Å². The summed E-state index contributed by atoms with van der Waals surface area (Å²) < 4.78 is 0. The van der Waals surface area contributed by atoms with E-state index in [2.05, 4.69) is 23.7 Å². The average Bonchev–Trinajstić information content (AvgIpc) is 2.58. The summed E-state index contributed by atoms with van der Waals surface area (Å²) in [5.41, 5.74) is 1.12. The molecular weight excluding hydrogens is 204 g/mol. The van der Waals surface area contributed by atoms with Gasteiger partial charge < -0.3 is 10.0 Å². The van der Waals surface area contributed by atoms with Crippen LogP contribution in [0.1, 0.15) is 30.8 Å². The molecule has 0 aromatic carbocycles. The third kappa shape index (κ3) is 2.01. The molecular formula is C12H16N2O2. The number of aromatic nitrogens is 1. The van der Waals surface area contributed by atoms with Crippen molar-refractivity contribution >= 4 is 11.7 Å². The van der Waals surface area contributed by atoms with Gasteiger partial charge in [-0.25, -0.2) is 9.78 Å². The first-order chi connectivity index (χ1) is 7.58. The Morgan fingerprint density at radius 2 is 2.25 bits per heavy atom. The average molecular weight is 220 g/mol. The molecule has 0 aliphatic carbocycles. The lowest BCUT2D eigenvalue weighted by Gasteiger charge is -2.23. The topological polar surface area (TPSA) is 53.4 Å². The maximum absolute atomic E-state index is 10.7. The van der Waals surface area contributed by atoms with Crippen molar-refractivity contribution in [1.29, 1.82) is 0 Å². The minimum absolute atomic E-state index is 0.101. The largest absolute Gasteiger partial charge is 0.477 e. The quantitative estimate of drug-likeness (QED) is 0.828. The highest BCUT2D eigenvalue weighted by atomic mass is 16.4. The van der Waals surface area contributed by atoms with Crippen LogP contribution in [0.3, 0.4) is 0 Å². The lowest BCUT2D eigenvalue weighted by atomic mass is 10.1. The molecule has 4 nitrogen and oxygen atoms in total. The normalized spacial score (nSPS) is 24.8. The van der Waals surface area contributed by atoms with Crippen molar-refractivity contribution in [3.63, 3.8) is 0 Å². The molecule has 2 heterocycles. The number of anilines is 1. The van der Waals surface area contributed by atoms with E-state index < -0.39 is 5.97 Å². The summed E-state index contributed by atoms with van der Waals surface area (Å²) in [7, 11) is 0. The summed E-state index contributed by atoms with van der Waals surface area (Å²) >= 11 is 0. The fraction of sp³-hybridized carbons (Fsp3) is 0.500. The molecule has 2 atom stereocenters. The van der Waals surface area contributed by atoms with Crippen LogP contribution in [0.2, 0.25) is 0 Å². The molecule has 1 aromatic heterocycles. The van der Waals surface area contributed by atoms with E-state index in [-0.39, 0.29) is 5.69 Å². The summed E-state index contributed by atoms with van der Waals surface area (Å²) in [6.07, 6.45) is 2.83. The molecule has 0 amide bonds. The summed E-state index contributed by atoms with van der Waals surface area (Å²) in [6.45, 7) is 5.44. The number of hydrogen-bond donors (Lipinski definition) is 1. The first kappa shape index (κ1) is 10.9. The van der Waals surface area contributed by atoms with E-state index in [1.54, 1.807) is 12.3 Å². The van der Waals surface area contributed by atoms with Gasteiger partial charge in [0.15, 0.2) is 0 Å². The Labute approximate surface area is 94.9 Å². The molecule has 0 radical (unpaired) electrons. The highest BCUT2D eigenvalue weighted by molar-refractivity contribution is 5.85. The molecule has 2 unspecified atom stereocenters. The molecule has 16 heavy (non-hydrogen) atoms. The molecule has 1 aliphatic rings. The highest BCUT2D eigenvalue weighted by Gasteiger charge is 2.26. The van der Waals surface area contributed by atoms with Gasteiger partial charge in [-0.1, -0.05) is 6.92 Å². The zero-order valence-electron chi connectivity index (χ0n) is 9.55. The first-order valence-electron chi connectivity index (χ1n) is 5.54. The third-order valence-corrected chi connectivity index (χ3v) is 3.08. The van der Waals surface area contributed by atoms with Crippen molar-refractivity contribution in [1.82, 2.24) is 4.98 Å². The second-order valence-electron chi connectivity index (χ2n) is 4.55. The van der Waals surface area contributed by atoms with Crippen molar-refractivity contribution < 1.29 is 9.90 Å². The Hall–Kier alpha value is -1.58. The molecule has 1 fully saturated rings. The van der Waals surface area contributed by atoms with Gasteiger partial charge in [0, 0.05) is 12.6 Å². The molecule has 0 saturated carbocycles. The number of hydrogen-bond acceptors (Lipinski definition) is 3. The molecule has 0 bridgehead atoms. The second kappa shape index (κ2) is 4.12. The van der Waals surface area contributed by atoms with Gasteiger partial charge in [0.2, 0.25) is 0 Å². The van der Waals surface area contributed by atoms with Crippen LogP contribution in [-0.4, -0.2) is 28.6 Å². The molecule has 0 spiro atoms. The predicted molar refractivity (Wildman–Crippen MR) is 61.8 cm³/mol. The van der Waals surface area contributed by atoms with Gasteiger partial charge in [-0.3, -0.25) is 0 Å². The van der Waals surface area contributed by atoms with Crippen molar-refractivity contribution in [2.24, 2.45) is 5.92 Å². The maximum atomic E-state index is 10.7. The zero-order chi connectivity index (χ0) is 11.7. The molecule has 4 heteroatoms. The molecule has 2 rings (SSSR count). The number of rotatable bonds is 2. The minimum atomic E-state index is -0.977. The smallest absolute Gasteiger partial charge is 0.354 e. The van der Waals surface area contributed by atoms with Crippen LogP contribution in [0, 0.1) is 5.92 Å². The summed E-state index contributed by atoms with van der Waals surface area (Å²) in [4.78, 5) is 16.9. The SMILES string of the molecule is CC1CC(C)N(c2ccc(C(=O)O)nc2)C1. The van der Waals surface area contributed by atoms with Crippen molar-refractivity contribution in [2.45, 2.75) is 26.3 Å². The van der Waals surface area contributed by atoms with E-state index in [0.717, 1.165) is 12.2 Å². The van der Waals surface area contributed by atoms with Crippen LogP contribution in [0.5, 0.6) is 0 Å². The number of aromatic carboxylic acids is 1. The summed E-state index contributed by atoms with van der Waals surface area (Å²) in [6, 6.07) is 3.91. The number of pyridine rings is 1. The summed E-state index contributed by atoms with van der Waals surface area (Å²) in [5.74, 6) is -0.288. The molecule has 1 aromatic rings. The van der Waals surface area contributed by atoms with Crippen LogP contribution in [0.15, 0.2) is 18.3 Å². The Morgan fingerprint density at radius 1 is 1.50 bits per heavy atom. The fourth-order valence-electron chi connectivity index (χ4n) is 2.34.